The van der Waals surface area contributed by atoms with E-state index in [1.54, 1.807) is 71.9 Å². The van der Waals surface area contributed by atoms with Crippen LogP contribution in [-0.4, -0.2) is 33.8 Å². The maximum Gasteiger partial charge on any atom is 0.344 e. The maximum atomic E-state index is 13.1. The summed E-state index contributed by atoms with van der Waals surface area (Å²) in [6, 6.07) is 11.7. The van der Waals surface area contributed by atoms with Crippen LogP contribution in [0.5, 0.6) is 23.4 Å². The molecule has 3 rings (SSSR count). The number of nitrogens with zero attached hydrogens (tertiary/aromatic N) is 2. The average Bonchev–Trinajstić information content (AvgIpc) is 2.85. The van der Waals surface area contributed by atoms with Gasteiger partial charge in [-0.15, -0.1) is 0 Å². The van der Waals surface area contributed by atoms with Crippen molar-refractivity contribution in [2.75, 3.05) is 0 Å². The molecule has 2 heterocycles. The molecule has 0 bridgehead atoms. The molecular formula is C28H27ClN2O8. The van der Waals surface area contributed by atoms with Gasteiger partial charge in [0.15, 0.2) is 5.75 Å². The summed E-state index contributed by atoms with van der Waals surface area (Å²) in [5.41, 5.74) is -1.62. The molecule has 3 aromatic rings. The van der Waals surface area contributed by atoms with E-state index in [0.29, 0.717) is 5.56 Å². The number of hydrogen-bond donors (Lipinski definition) is 0. The Morgan fingerprint density at radius 3 is 1.69 bits per heavy atom. The Morgan fingerprint density at radius 1 is 0.667 bits per heavy atom. The van der Waals surface area contributed by atoms with Gasteiger partial charge in [-0.2, -0.15) is 4.98 Å². The van der Waals surface area contributed by atoms with Crippen LogP contribution in [0.3, 0.4) is 0 Å². The van der Waals surface area contributed by atoms with Crippen LogP contribution in [-0.2, 0) is 9.59 Å². The topological polar surface area (TPSA) is 131 Å². The Balaban J connectivity index is 1.89. The molecule has 204 valence electrons. The van der Waals surface area contributed by atoms with Gasteiger partial charge in [0.2, 0.25) is 17.6 Å². The quantitative estimate of drug-likeness (QED) is 0.361. The van der Waals surface area contributed by atoms with Crippen LogP contribution in [0.1, 0.15) is 62.3 Å². The van der Waals surface area contributed by atoms with E-state index < -0.39 is 34.7 Å². The van der Waals surface area contributed by atoms with Crippen molar-refractivity contribution in [2.45, 2.75) is 41.5 Å². The van der Waals surface area contributed by atoms with Crippen LogP contribution >= 0.6 is 11.6 Å². The van der Waals surface area contributed by atoms with Crippen molar-refractivity contribution in [1.29, 1.82) is 0 Å². The standard InChI is InChI=1S/C28H27ClN2O8/c1-27(2,3)25(34)38-21-12-17(13-22(31-21)39-26(35)28(4,5)6)24(33)36-19-14-20(30-15-18(19)29)37-23(32)16-10-8-7-9-11-16/h7-15H,1-6H3. The summed E-state index contributed by atoms with van der Waals surface area (Å²) in [7, 11) is 0. The van der Waals surface area contributed by atoms with Crippen LogP contribution in [0.2, 0.25) is 5.02 Å². The monoisotopic (exact) mass is 554 g/mol. The molecule has 1 aromatic carbocycles. The highest BCUT2D eigenvalue weighted by Gasteiger charge is 2.28. The predicted octanol–water partition coefficient (Wildman–Crippen LogP) is 5.47. The number of aromatic nitrogens is 2. The van der Waals surface area contributed by atoms with Crippen molar-refractivity contribution in [1.82, 2.24) is 9.97 Å². The van der Waals surface area contributed by atoms with E-state index in [-0.39, 0.29) is 34.0 Å². The first-order valence-electron chi connectivity index (χ1n) is 11.7. The van der Waals surface area contributed by atoms with E-state index in [1.807, 2.05) is 0 Å². The lowest BCUT2D eigenvalue weighted by Crippen LogP contribution is -2.27. The Bertz CT molecular complexity index is 1360. The summed E-state index contributed by atoms with van der Waals surface area (Å²) in [5, 5.41) is -0.0457. The highest BCUT2D eigenvalue weighted by atomic mass is 35.5. The molecule has 2 aromatic heterocycles. The summed E-state index contributed by atoms with van der Waals surface area (Å²) in [4.78, 5) is 58.2. The summed E-state index contributed by atoms with van der Waals surface area (Å²) in [6.45, 7) is 9.84. The van der Waals surface area contributed by atoms with E-state index in [2.05, 4.69) is 9.97 Å². The van der Waals surface area contributed by atoms with Crippen LogP contribution in [0, 0.1) is 10.8 Å². The molecule has 0 saturated carbocycles. The first-order valence-corrected chi connectivity index (χ1v) is 12.1. The molecule has 0 aliphatic heterocycles. The number of ether oxygens (including phenoxy) is 4. The van der Waals surface area contributed by atoms with Gasteiger partial charge < -0.3 is 18.9 Å². The second kappa shape index (κ2) is 11.6. The van der Waals surface area contributed by atoms with Gasteiger partial charge in [-0.1, -0.05) is 29.8 Å². The number of halogens is 1. The first kappa shape index (κ1) is 29.2. The molecule has 11 heteroatoms. The number of esters is 4. The lowest BCUT2D eigenvalue weighted by molar-refractivity contribution is -0.143. The van der Waals surface area contributed by atoms with Crippen molar-refractivity contribution in [3.63, 3.8) is 0 Å². The van der Waals surface area contributed by atoms with Crippen LogP contribution in [0.15, 0.2) is 54.7 Å². The molecule has 10 nitrogen and oxygen atoms in total. The number of carbonyl (C=O) groups is 4. The lowest BCUT2D eigenvalue weighted by atomic mass is 9.97. The largest absolute Gasteiger partial charge is 0.421 e. The molecule has 0 unspecified atom stereocenters. The van der Waals surface area contributed by atoms with E-state index in [1.165, 1.54) is 6.07 Å². The number of carbonyl (C=O) groups excluding carboxylic acids is 4. The zero-order valence-electron chi connectivity index (χ0n) is 22.2. The molecule has 0 amide bonds. The third kappa shape index (κ3) is 8.08. The zero-order valence-corrected chi connectivity index (χ0v) is 23.0. The van der Waals surface area contributed by atoms with E-state index >= 15 is 0 Å². The van der Waals surface area contributed by atoms with Gasteiger partial charge >= 0.3 is 23.9 Å². The van der Waals surface area contributed by atoms with Crippen molar-refractivity contribution in [2.24, 2.45) is 10.8 Å². The SMILES string of the molecule is CC(C)(C)C(=O)Oc1cc(C(=O)Oc2cc(OC(=O)c3ccccc3)ncc2Cl)cc(OC(=O)C(C)(C)C)n1. The Labute approximate surface area is 230 Å². The number of hydrogen-bond acceptors (Lipinski definition) is 10. The van der Waals surface area contributed by atoms with Crippen LogP contribution < -0.4 is 18.9 Å². The third-order valence-electron chi connectivity index (χ3n) is 4.84. The zero-order chi connectivity index (χ0) is 29.0. The van der Waals surface area contributed by atoms with Gasteiger partial charge in [0.05, 0.1) is 28.2 Å². The smallest absolute Gasteiger partial charge is 0.344 e. The molecule has 39 heavy (non-hydrogen) atoms. The van der Waals surface area contributed by atoms with Gasteiger partial charge in [0.1, 0.15) is 5.02 Å². The van der Waals surface area contributed by atoms with Gasteiger partial charge in [-0.05, 0) is 53.7 Å². The van der Waals surface area contributed by atoms with Crippen molar-refractivity contribution in [3.05, 3.63) is 70.9 Å². The predicted molar refractivity (Wildman–Crippen MR) is 140 cm³/mol. The minimum Gasteiger partial charge on any atom is -0.421 e. The van der Waals surface area contributed by atoms with Crippen molar-refractivity contribution < 1.29 is 38.1 Å². The Hall–Kier alpha value is -4.31. The molecule has 0 aliphatic carbocycles. The van der Waals surface area contributed by atoms with Crippen LogP contribution in [0.25, 0.3) is 0 Å². The number of rotatable bonds is 6. The first-order chi connectivity index (χ1) is 18.1. The van der Waals surface area contributed by atoms with Crippen molar-refractivity contribution >= 4 is 35.5 Å². The molecule has 0 saturated heterocycles. The summed E-state index contributed by atoms with van der Waals surface area (Å²) in [6.07, 6.45) is 1.15. The molecule has 0 aliphatic rings. The summed E-state index contributed by atoms with van der Waals surface area (Å²) < 4.78 is 21.3. The van der Waals surface area contributed by atoms with Crippen molar-refractivity contribution in [3.8, 4) is 23.4 Å². The van der Waals surface area contributed by atoms with E-state index in [0.717, 1.165) is 18.3 Å². The highest BCUT2D eigenvalue weighted by Crippen LogP contribution is 2.30. The summed E-state index contributed by atoms with van der Waals surface area (Å²) in [5.74, 6) is -3.76. The lowest BCUT2D eigenvalue weighted by Gasteiger charge is -2.18. The number of benzene rings is 1. The molecule has 0 atom stereocenters. The molecule has 0 radical (unpaired) electrons. The minimum atomic E-state index is -0.952. The molecule has 0 N–H and O–H groups in total. The molecular weight excluding hydrogens is 528 g/mol. The van der Waals surface area contributed by atoms with E-state index in [9.17, 15) is 19.2 Å². The van der Waals surface area contributed by atoms with Gasteiger partial charge in [0.25, 0.3) is 0 Å². The Morgan fingerprint density at radius 2 is 1.18 bits per heavy atom. The maximum absolute atomic E-state index is 13.1. The minimum absolute atomic E-state index is 0.0457. The fourth-order valence-electron chi connectivity index (χ4n) is 2.62. The second-order valence-electron chi connectivity index (χ2n) is 10.4. The molecule has 0 fully saturated rings. The third-order valence-corrected chi connectivity index (χ3v) is 5.12. The fourth-order valence-corrected chi connectivity index (χ4v) is 2.76. The van der Waals surface area contributed by atoms with Gasteiger partial charge in [-0.25, -0.2) is 14.6 Å². The van der Waals surface area contributed by atoms with Crippen LogP contribution in [0.4, 0.5) is 0 Å². The molecule has 0 spiro atoms. The fraction of sp³-hybridized carbons (Fsp3) is 0.286. The van der Waals surface area contributed by atoms with Gasteiger partial charge in [0, 0.05) is 18.2 Å². The van der Waals surface area contributed by atoms with Gasteiger partial charge in [-0.3, -0.25) is 9.59 Å². The highest BCUT2D eigenvalue weighted by molar-refractivity contribution is 6.32. The average molecular weight is 555 g/mol. The Kier molecular flexibility index (Phi) is 8.71. The normalized spacial score (nSPS) is 11.4. The van der Waals surface area contributed by atoms with E-state index in [4.69, 9.17) is 30.5 Å². The number of pyridine rings is 2. The summed E-state index contributed by atoms with van der Waals surface area (Å²) >= 11 is 6.15. The second-order valence-corrected chi connectivity index (χ2v) is 10.8.